The minimum atomic E-state index is -3.03. The standard InChI is InChI=1S/C14H16FNO3S/c1-10(8-11-4-2-3-5-13(11)15)14(17)16-12-6-7-20(18,19)9-12/h2-5,8,12H,6-7,9H2,1H3,(H,16,17)/b10-8+. The second-order valence-electron chi connectivity index (χ2n) is 4.92. The highest BCUT2D eigenvalue weighted by Crippen LogP contribution is 2.14. The van der Waals surface area contributed by atoms with Crippen molar-refractivity contribution in [2.45, 2.75) is 19.4 Å². The summed E-state index contributed by atoms with van der Waals surface area (Å²) < 4.78 is 36.1. The van der Waals surface area contributed by atoms with Gasteiger partial charge in [0.15, 0.2) is 9.84 Å². The van der Waals surface area contributed by atoms with Crippen LogP contribution in [-0.4, -0.2) is 31.9 Å². The molecule has 108 valence electrons. The first-order chi connectivity index (χ1) is 9.37. The zero-order valence-corrected chi connectivity index (χ0v) is 11.9. The van der Waals surface area contributed by atoms with E-state index in [4.69, 9.17) is 0 Å². The lowest BCUT2D eigenvalue weighted by molar-refractivity contribution is -0.117. The zero-order valence-electron chi connectivity index (χ0n) is 11.1. The summed E-state index contributed by atoms with van der Waals surface area (Å²) in [5.74, 6) is -0.682. The molecular weight excluding hydrogens is 281 g/mol. The van der Waals surface area contributed by atoms with Gasteiger partial charge in [0.2, 0.25) is 5.91 Å². The maximum Gasteiger partial charge on any atom is 0.247 e. The minimum absolute atomic E-state index is 0.0221. The molecule has 6 heteroatoms. The third-order valence-electron chi connectivity index (χ3n) is 3.20. The summed E-state index contributed by atoms with van der Waals surface area (Å²) in [6, 6.07) is 5.80. The summed E-state index contributed by atoms with van der Waals surface area (Å²) in [7, 11) is -3.03. The summed E-state index contributed by atoms with van der Waals surface area (Å²) in [4.78, 5) is 11.9. The van der Waals surface area contributed by atoms with Gasteiger partial charge in [0, 0.05) is 17.2 Å². The van der Waals surface area contributed by atoms with Gasteiger partial charge in [-0.1, -0.05) is 18.2 Å². The Kier molecular flexibility index (Phi) is 4.23. The van der Waals surface area contributed by atoms with E-state index in [1.54, 1.807) is 25.1 Å². The topological polar surface area (TPSA) is 63.2 Å². The molecule has 4 nitrogen and oxygen atoms in total. The predicted octanol–water partition coefficient (Wildman–Crippen LogP) is 1.53. The van der Waals surface area contributed by atoms with E-state index < -0.39 is 15.7 Å². The summed E-state index contributed by atoms with van der Waals surface area (Å²) in [6.07, 6.45) is 1.88. The molecule has 1 aromatic rings. The monoisotopic (exact) mass is 297 g/mol. The predicted molar refractivity (Wildman–Crippen MR) is 75.3 cm³/mol. The number of rotatable bonds is 3. The fraction of sp³-hybridized carbons (Fsp3) is 0.357. The van der Waals surface area contributed by atoms with Crippen LogP contribution in [0.1, 0.15) is 18.9 Å². The van der Waals surface area contributed by atoms with Crippen LogP contribution in [0.3, 0.4) is 0 Å². The first-order valence-electron chi connectivity index (χ1n) is 6.31. The Bertz CT molecular complexity index is 652. The summed E-state index contributed by atoms with van der Waals surface area (Å²) >= 11 is 0. The van der Waals surface area contributed by atoms with E-state index >= 15 is 0 Å². The molecule has 0 saturated carbocycles. The van der Waals surface area contributed by atoms with Crippen LogP contribution < -0.4 is 5.32 Å². The van der Waals surface area contributed by atoms with Crippen LogP contribution in [0.4, 0.5) is 4.39 Å². The molecule has 0 bridgehead atoms. The van der Waals surface area contributed by atoms with Gasteiger partial charge in [-0.2, -0.15) is 0 Å². The Hall–Kier alpha value is -1.69. The largest absolute Gasteiger partial charge is 0.349 e. The first kappa shape index (κ1) is 14.7. The van der Waals surface area contributed by atoms with E-state index in [1.807, 2.05) is 0 Å². The minimum Gasteiger partial charge on any atom is -0.349 e. The molecule has 1 aliphatic rings. The van der Waals surface area contributed by atoms with E-state index in [0.29, 0.717) is 17.6 Å². The second kappa shape index (κ2) is 5.75. The lowest BCUT2D eigenvalue weighted by atomic mass is 10.1. The van der Waals surface area contributed by atoms with Gasteiger partial charge in [-0.15, -0.1) is 0 Å². The number of nitrogens with one attached hydrogen (secondary N) is 1. The van der Waals surface area contributed by atoms with Gasteiger partial charge in [0.1, 0.15) is 5.82 Å². The Morgan fingerprint density at radius 2 is 2.10 bits per heavy atom. The third-order valence-corrected chi connectivity index (χ3v) is 4.97. The van der Waals surface area contributed by atoms with Gasteiger partial charge in [-0.3, -0.25) is 4.79 Å². The van der Waals surface area contributed by atoms with E-state index in [1.165, 1.54) is 12.1 Å². The molecule has 20 heavy (non-hydrogen) atoms. The number of amides is 1. The van der Waals surface area contributed by atoms with Crippen molar-refractivity contribution in [2.75, 3.05) is 11.5 Å². The summed E-state index contributed by atoms with van der Waals surface area (Å²) in [5.41, 5.74) is 0.679. The Balaban J connectivity index is 2.04. The molecule has 1 aliphatic heterocycles. The van der Waals surface area contributed by atoms with Crippen LogP contribution in [-0.2, 0) is 14.6 Å². The number of hydrogen-bond donors (Lipinski definition) is 1. The van der Waals surface area contributed by atoms with Crippen LogP contribution in [0.5, 0.6) is 0 Å². The molecule has 1 saturated heterocycles. The molecular formula is C14H16FNO3S. The number of halogens is 1. The van der Waals surface area contributed by atoms with Crippen LogP contribution in [0.2, 0.25) is 0 Å². The van der Waals surface area contributed by atoms with Gasteiger partial charge >= 0.3 is 0 Å². The molecule has 1 amide bonds. The SMILES string of the molecule is C/C(=C\c1ccccc1F)C(=O)NC1CCS(=O)(=O)C1. The molecule has 1 aromatic carbocycles. The normalized spacial score (nSPS) is 21.7. The molecule has 1 fully saturated rings. The molecule has 1 atom stereocenters. The molecule has 2 rings (SSSR count). The van der Waals surface area contributed by atoms with E-state index in [9.17, 15) is 17.6 Å². The average molecular weight is 297 g/mol. The maximum atomic E-state index is 13.5. The Morgan fingerprint density at radius 3 is 2.70 bits per heavy atom. The van der Waals surface area contributed by atoms with Gasteiger partial charge in [0.05, 0.1) is 11.5 Å². The van der Waals surface area contributed by atoms with Crippen molar-refractivity contribution in [2.24, 2.45) is 0 Å². The molecule has 1 N–H and O–H groups in total. The summed E-state index contributed by atoms with van der Waals surface area (Å²) in [6.45, 7) is 1.57. The highest BCUT2D eigenvalue weighted by molar-refractivity contribution is 7.91. The smallest absolute Gasteiger partial charge is 0.247 e. The second-order valence-corrected chi connectivity index (χ2v) is 7.15. The highest BCUT2D eigenvalue weighted by atomic mass is 32.2. The number of benzene rings is 1. The zero-order chi connectivity index (χ0) is 14.8. The first-order valence-corrected chi connectivity index (χ1v) is 8.14. The highest BCUT2D eigenvalue weighted by Gasteiger charge is 2.29. The third kappa shape index (κ3) is 3.66. The lowest BCUT2D eigenvalue weighted by Gasteiger charge is -2.11. The van der Waals surface area contributed by atoms with Crippen molar-refractivity contribution >= 4 is 21.8 Å². The molecule has 0 radical (unpaired) electrons. The van der Waals surface area contributed by atoms with Crippen molar-refractivity contribution in [1.82, 2.24) is 5.32 Å². The van der Waals surface area contributed by atoms with Gasteiger partial charge in [-0.05, 0) is 25.5 Å². The Labute approximate surface area is 117 Å². The van der Waals surface area contributed by atoms with Gasteiger partial charge < -0.3 is 5.32 Å². The van der Waals surface area contributed by atoms with E-state index in [-0.39, 0.29) is 23.5 Å². The van der Waals surface area contributed by atoms with Crippen molar-refractivity contribution in [3.63, 3.8) is 0 Å². The number of carbonyl (C=O) groups excluding carboxylic acids is 1. The van der Waals surface area contributed by atoms with E-state index in [2.05, 4.69) is 5.32 Å². The van der Waals surface area contributed by atoms with Gasteiger partial charge in [-0.25, -0.2) is 12.8 Å². The van der Waals surface area contributed by atoms with Crippen molar-refractivity contribution < 1.29 is 17.6 Å². The lowest BCUT2D eigenvalue weighted by Crippen LogP contribution is -2.36. The van der Waals surface area contributed by atoms with Crippen molar-refractivity contribution in [3.05, 3.63) is 41.2 Å². The summed E-state index contributed by atoms with van der Waals surface area (Å²) in [5, 5.41) is 2.67. The molecule has 0 spiro atoms. The number of sulfone groups is 1. The molecule has 0 aromatic heterocycles. The fourth-order valence-corrected chi connectivity index (χ4v) is 3.77. The van der Waals surface area contributed by atoms with Crippen molar-refractivity contribution in [1.29, 1.82) is 0 Å². The Morgan fingerprint density at radius 1 is 1.40 bits per heavy atom. The fourth-order valence-electron chi connectivity index (χ4n) is 2.10. The molecule has 1 heterocycles. The quantitative estimate of drug-likeness (QED) is 0.861. The van der Waals surface area contributed by atoms with Crippen LogP contribution >= 0.6 is 0 Å². The number of carbonyl (C=O) groups is 1. The van der Waals surface area contributed by atoms with Crippen molar-refractivity contribution in [3.8, 4) is 0 Å². The number of hydrogen-bond acceptors (Lipinski definition) is 3. The molecule has 0 aliphatic carbocycles. The van der Waals surface area contributed by atoms with Crippen LogP contribution in [0, 0.1) is 5.82 Å². The molecule has 1 unspecified atom stereocenters. The maximum absolute atomic E-state index is 13.5. The van der Waals surface area contributed by atoms with Crippen LogP contribution in [0.25, 0.3) is 6.08 Å². The van der Waals surface area contributed by atoms with Gasteiger partial charge in [0.25, 0.3) is 0 Å². The average Bonchev–Trinajstić information content (AvgIpc) is 2.71. The van der Waals surface area contributed by atoms with E-state index in [0.717, 1.165) is 0 Å². The van der Waals surface area contributed by atoms with Crippen LogP contribution in [0.15, 0.2) is 29.8 Å².